The fraction of sp³-hybridized carbons (Fsp3) is 0.316. The van der Waals surface area contributed by atoms with Crippen molar-refractivity contribution in [3.05, 3.63) is 53.8 Å². The number of nitrogens with zero attached hydrogens (tertiary/aromatic N) is 5. The molecule has 4 rings (SSSR count). The van der Waals surface area contributed by atoms with Crippen LogP contribution in [0.1, 0.15) is 16.9 Å². The van der Waals surface area contributed by atoms with E-state index >= 15 is 0 Å². The molecule has 0 radical (unpaired) electrons. The minimum atomic E-state index is 0.0262. The zero-order valence-electron chi connectivity index (χ0n) is 14.7. The number of rotatable bonds is 3. The van der Waals surface area contributed by atoms with E-state index in [-0.39, 0.29) is 5.91 Å². The average molecular weight is 367 g/mol. The second-order valence-electron chi connectivity index (χ2n) is 6.50. The summed E-state index contributed by atoms with van der Waals surface area (Å²) in [6.45, 7) is 3.49. The summed E-state index contributed by atoms with van der Waals surface area (Å²) >= 11 is 1.49. The van der Waals surface area contributed by atoms with Gasteiger partial charge in [0.1, 0.15) is 10.7 Å². The lowest BCUT2D eigenvalue weighted by atomic mass is 10.3. The van der Waals surface area contributed by atoms with Gasteiger partial charge in [0.15, 0.2) is 0 Å². The number of hydrogen-bond acceptors (Lipinski definition) is 5. The second-order valence-corrected chi connectivity index (χ2v) is 7.35. The first kappa shape index (κ1) is 16.9. The van der Waals surface area contributed by atoms with E-state index in [0.717, 1.165) is 48.9 Å². The van der Waals surface area contributed by atoms with Crippen molar-refractivity contribution in [2.75, 3.05) is 33.2 Å². The SMILES string of the molecule is CN1CCCN(C(=O)c2csc(-c3cnn(-c4ccccc4)c3)n2)CC1. The molecule has 1 aliphatic rings. The van der Waals surface area contributed by atoms with Crippen LogP contribution in [0.15, 0.2) is 48.1 Å². The third-order valence-corrected chi connectivity index (χ3v) is 5.47. The highest BCUT2D eigenvalue weighted by Gasteiger charge is 2.21. The maximum absolute atomic E-state index is 12.8. The summed E-state index contributed by atoms with van der Waals surface area (Å²) in [5.74, 6) is 0.0262. The van der Waals surface area contributed by atoms with Crippen molar-refractivity contribution >= 4 is 17.2 Å². The van der Waals surface area contributed by atoms with Gasteiger partial charge in [-0.2, -0.15) is 5.10 Å². The van der Waals surface area contributed by atoms with Crippen molar-refractivity contribution in [2.24, 2.45) is 0 Å². The summed E-state index contributed by atoms with van der Waals surface area (Å²) in [6, 6.07) is 9.95. The number of likely N-dealkylation sites (N-methyl/N-ethyl adjacent to an activating group) is 1. The van der Waals surface area contributed by atoms with Gasteiger partial charge in [-0.05, 0) is 32.1 Å². The molecular formula is C19H21N5OS. The van der Waals surface area contributed by atoms with Crippen molar-refractivity contribution < 1.29 is 4.79 Å². The van der Waals surface area contributed by atoms with Crippen LogP contribution in [-0.2, 0) is 0 Å². The molecule has 3 aromatic rings. The summed E-state index contributed by atoms with van der Waals surface area (Å²) in [4.78, 5) is 21.5. The van der Waals surface area contributed by atoms with Gasteiger partial charge in [-0.15, -0.1) is 11.3 Å². The Morgan fingerprint density at radius 3 is 2.81 bits per heavy atom. The predicted molar refractivity (Wildman–Crippen MR) is 103 cm³/mol. The molecular weight excluding hydrogens is 346 g/mol. The Labute approximate surface area is 156 Å². The molecule has 1 aromatic carbocycles. The molecule has 6 nitrogen and oxygen atoms in total. The summed E-state index contributed by atoms with van der Waals surface area (Å²) < 4.78 is 1.82. The first-order valence-electron chi connectivity index (χ1n) is 8.74. The molecule has 2 aromatic heterocycles. The van der Waals surface area contributed by atoms with Crippen molar-refractivity contribution in [1.29, 1.82) is 0 Å². The summed E-state index contributed by atoms with van der Waals surface area (Å²) in [5, 5.41) is 7.09. The number of thiazole rings is 1. The molecule has 1 aliphatic heterocycles. The van der Waals surface area contributed by atoms with E-state index in [1.807, 2.05) is 51.5 Å². The molecule has 0 saturated carbocycles. The average Bonchev–Trinajstić information content (AvgIpc) is 3.29. The van der Waals surface area contributed by atoms with E-state index in [0.29, 0.717) is 5.69 Å². The lowest BCUT2D eigenvalue weighted by molar-refractivity contribution is 0.0758. The largest absolute Gasteiger partial charge is 0.336 e. The van der Waals surface area contributed by atoms with Crippen LogP contribution in [0.4, 0.5) is 0 Å². The van der Waals surface area contributed by atoms with Gasteiger partial charge in [0.2, 0.25) is 0 Å². The Morgan fingerprint density at radius 1 is 1.12 bits per heavy atom. The van der Waals surface area contributed by atoms with Gasteiger partial charge in [-0.25, -0.2) is 9.67 Å². The number of amides is 1. The van der Waals surface area contributed by atoms with E-state index in [2.05, 4.69) is 22.0 Å². The van der Waals surface area contributed by atoms with Crippen molar-refractivity contribution in [2.45, 2.75) is 6.42 Å². The Kier molecular flexibility index (Phi) is 4.81. The van der Waals surface area contributed by atoms with E-state index in [4.69, 9.17) is 0 Å². The molecule has 134 valence electrons. The van der Waals surface area contributed by atoms with Crippen LogP contribution < -0.4 is 0 Å². The van der Waals surface area contributed by atoms with Gasteiger partial charge in [-0.1, -0.05) is 18.2 Å². The highest BCUT2D eigenvalue weighted by atomic mass is 32.1. The molecule has 1 fully saturated rings. The third-order valence-electron chi connectivity index (χ3n) is 4.58. The zero-order chi connectivity index (χ0) is 17.9. The normalized spacial score (nSPS) is 15.8. The maximum Gasteiger partial charge on any atom is 0.273 e. The molecule has 0 spiro atoms. The van der Waals surface area contributed by atoms with E-state index in [1.54, 1.807) is 6.20 Å². The number of hydrogen-bond donors (Lipinski definition) is 0. The van der Waals surface area contributed by atoms with Gasteiger partial charge in [0, 0.05) is 36.8 Å². The summed E-state index contributed by atoms with van der Waals surface area (Å²) in [6.07, 6.45) is 4.74. The number of benzene rings is 1. The van der Waals surface area contributed by atoms with Gasteiger partial charge >= 0.3 is 0 Å². The number of carbonyl (C=O) groups is 1. The van der Waals surface area contributed by atoms with Crippen LogP contribution in [0.25, 0.3) is 16.3 Å². The molecule has 0 N–H and O–H groups in total. The monoisotopic (exact) mass is 367 g/mol. The first-order chi connectivity index (χ1) is 12.7. The van der Waals surface area contributed by atoms with Crippen molar-refractivity contribution in [3.63, 3.8) is 0 Å². The highest BCUT2D eigenvalue weighted by molar-refractivity contribution is 7.13. The predicted octanol–water partition coefficient (Wildman–Crippen LogP) is 2.77. The molecule has 0 aliphatic carbocycles. The topological polar surface area (TPSA) is 54.3 Å². The third kappa shape index (κ3) is 3.54. The Bertz CT molecular complexity index is 888. The Balaban J connectivity index is 1.51. The molecule has 1 amide bonds. The Morgan fingerprint density at radius 2 is 1.96 bits per heavy atom. The molecule has 7 heteroatoms. The fourth-order valence-corrected chi connectivity index (χ4v) is 3.84. The van der Waals surface area contributed by atoms with E-state index in [9.17, 15) is 4.79 Å². The van der Waals surface area contributed by atoms with Crippen LogP contribution in [-0.4, -0.2) is 63.7 Å². The van der Waals surface area contributed by atoms with Crippen LogP contribution in [0.3, 0.4) is 0 Å². The van der Waals surface area contributed by atoms with Gasteiger partial charge in [-0.3, -0.25) is 4.79 Å². The van der Waals surface area contributed by atoms with Crippen LogP contribution >= 0.6 is 11.3 Å². The quantitative estimate of drug-likeness (QED) is 0.714. The van der Waals surface area contributed by atoms with Crippen LogP contribution in [0.2, 0.25) is 0 Å². The smallest absolute Gasteiger partial charge is 0.273 e. The second kappa shape index (κ2) is 7.39. The minimum absolute atomic E-state index is 0.0262. The molecule has 3 heterocycles. The van der Waals surface area contributed by atoms with Gasteiger partial charge < -0.3 is 9.80 Å². The Hall–Kier alpha value is -2.51. The summed E-state index contributed by atoms with van der Waals surface area (Å²) in [7, 11) is 2.10. The molecule has 0 bridgehead atoms. The molecule has 1 saturated heterocycles. The van der Waals surface area contributed by atoms with Gasteiger partial charge in [0.25, 0.3) is 5.91 Å². The lowest BCUT2D eigenvalue weighted by Crippen LogP contribution is -2.34. The van der Waals surface area contributed by atoms with Crippen LogP contribution in [0, 0.1) is 0 Å². The number of carbonyl (C=O) groups excluding carboxylic acids is 1. The van der Waals surface area contributed by atoms with E-state index < -0.39 is 0 Å². The van der Waals surface area contributed by atoms with Gasteiger partial charge in [0.05, 0.1) is 11.9 Å². The molecule has 0 atom stereocenters. The van der Waals surface area contributed by atoms with Crippen molar-refractivity contribution in [3.8, 4) is 16.3 Å². The maximum atomic E-state index is 12.8. The number of aromatic nitrogens is 3. The van der Waals surface area contributed by atoms with Crippen LogP contribution in [0.5, 0.6) is 0 Å². The number of para-hydroxylation sites is 1. The lowest BCUT2D eigenvalue weighted by Gasteiger charge is -2.19. The first-order valence-corrected chi connectivity index (χ1v) is 9.62. The fourth-order valence-electron chi connectivity index (χ4n) is 3.07. The highest BCUT2D eigenvalue weighted by Crippen LogP contribution is 2.25. The molecule has 26 heavy (non-hydrogen) atoms. The summed E-state index contributed by atoms with van der Waals surface area (Å²) in [5.41, 5.74) is 2.45. The zero-order valence-corrected chi connectivity index (χ0v) is 15.5. The standard InChI is InChI=1S/C19H21N5OS/c1-22-8-5-9-23(11-10-22)19(25)17-14-26-18(21-17)15-12-20-24(13-15)16-6-3-2-4-7-16/h2-4,6-7,12-14H,5,8-11H2,1H3. The van der Waals surface area contributed by atoms with E-state index in [1.165, 1.54) is 11.3 Å². The van der Waals surface area contributed by atoms with Crippen molar-refractivity contribution in [1.82, 2.24) is 24.6 Å². The molecule has 0 unspecified atom stereocenters. The minimum Gasteiger partial charge on any atom is -0.336 e.